The third-order valence-corrected chi connectivity index (χ3v) is 2.39. The third kappa shape index (κ3) is 1.58. The van der Waals surface area contributed by atoms with Crippen LogP contribution < -0.4 is 4.74 Å². The molecule has 2 rings (SSSR count). The predicted octanol–water partition coefficient (Wildman–Crippen LogP) is 2.64. The Kier molecular flexibility index (Phi) is 2.18. The van der Waals surface area contributed by atoms with Gasteiger partial charge in [0.2, 0.25) is 5.88 Å². The quantitative estimate of drug-likeness (QED) is 0.714. The van der Waals surface area contributed by atoms with E-state index in [-0.39, 0.29) is 5.41 Å². The summed E-state index contributed by atoms with van der Waals surface area (Å²) < 4.78 is 7.40. The fourth-order valence-electron chi connectivity index (χ4n) is 1.66. The maximum absolute atomic E-state index is 5.43. The van der Waals surface area contributed by atoms with E-state index in [9.17, 15) is 0 Å². The Bertz CT molecular complexity index is 480. The maximum atomic E-state index is 5.43. The molecule has 0 atom stereocenters. The Hall–Kier alpha value is -1.51. The van der Waals surface area contributed by atoms with Gasteiger partial charge in [-0.05, 0) is 12.1 Å². The molecule has 0 N–H and O–H groups in total. The summed E-state index contributed by atoms with van der Waals surface area (Å²) in [5, 5.41) is 0. The van der Waals surface area contributed by atoms with Gasteiger partial charge >= 0.3 is 0 Å². The summed E-state index contributed by atoms with van der Waals surface area (Å²) in [7, 11) is 1.69. The second-order valence-electron chi connectivity index (χ2n) is 4.65. The zero-order chi connectivity index (χ0) is 11.1. The highest BCUT2D eigenvalue weighted by molar-refractivity contribution is 5.47. The van der Waals surface area contributed by atoms with Gasteiger partial charge in [-0.1, -0.05) is 26.8 Å². The molecule has 2 heterocycles. The van der Waals surface area contributed by atoms with Crippen LogP contribution >= 0.6 is 0 Å². The van der Waals surface area contributed by atoms with Gasteiger partial charge in [-0.2, -0.15) is 0 Å². The van der Waals surface area contributed by atoms with Crippen molar-refractivity contribution in [1.29, 1.82) is 0 Å². The number of imidazole rings is 1. The van der Waals surface area contributed by atoms with E-state index in [0.717, 1.165) is 17.2 Å². The van der Waals surface area contributed by atoms with Crippen LogP contribution in [0.15, 0.2) is 24.4 Å². The van der Waals surface area contributed by atoms with Crippen LogP contribution in [0.4, 0.5) is 0 Å². The minimum Gasteiger partial charge on any atom is -0.481 e. The van der Waals surface area contributed by atoms with Crippen molar-refractivity contribution in [1.82, 2.24) is 9.38 Å². The van der Waals surface area contributed by atoms with Crippen molar-refractivity contribution in [3.8, 4) is 5.88 Å². The molecule has 2 aromatic heterocycles. The minimum atomic E-state index is -0.00262. The summed E-state index contributed by atoms with van der Waals surface area (Å²) in [6.45, 7) is 6.41. The molecule has 0 spiro atoms. The van der Waals surface area contributed by atoms with E-state index >= 15 is 0 Å². The highest BCUT2D eigenvalue weighted by Crippen LogP contribution is 2.31. The molecule has 0 saturated carbocycles. The maximum Gasteiger partial charge on any atom is 0.221 e. The van der Waals surface area contributed by atoms with Crippen molar-refractivity contribution < 1.29 is 4.74 Å². The molecule has 0 unspecified atom stereocenters. The molecule has 15 heavy (non-hydrogen) atoms. The van der Waals surface area contributed by atoms with Gasteiger partial charge in [0.1, 0.15) is 11.3 Å². The lowest BCUT2D eigenvalue weighted by Gasteiger charge is -2.16. The van der Waals surface area contributed by atoms with Crippen LogP contribution in [0.2, 0.25) is 0 Å². The first-order chi connectivity index (χ1) is 7.04. The molecule has 0 aliphatic carbocycles. The fraction of sp³-hybridized carbons (Fsp3) is 0.417. The zero-order valence-electron chi connectivity index (χ0n) is 9.61. The van der Waals surface area contributed by atoms with E-state index in [4.69, 9.17) is 4.74 Å². The van der Waals surface area contributed by atoms with Gasteiger partial charge in [0, 0.05) is 11.6 Å². The molecule has 0 aromatic carbocycles. The van der Waals surface area contributed by atoms with Crippen LogP contribution in [-0.4, -0.2) is 16.5 Å². The van der Waals surface area contributed by atoms with Crippen molar-refractivity contribution in [3.63, 3.8) is 0 Å². The second-order valence-corrected chi connectivity index (χ2v) is 4.65. The van der Waals surface area contributed by atoms with E-state index in [1.807, 2.05) is 28.8 Å². The highest BCUT2D eigenvalue weighted by atomic mass is 16.5. The Morgan fingerprint density at radius 3 is 2.60 bits per heavy atom. The predicted molar refractivity (Wildman–Crippen MR) is 60.4 cm³/mol. The molecule has 0 aliphatic rings. The third-order valence-electron chi connectivity index (χ3n) is 2.39. The number of fused-ring (bicyclic) bond motifs is 1. The topological polar surface area (TPSA) is 26.5 Å². The summed E-state index contributed by atoms with van der Waals surface area (Å²) in [5.41, 5.74) is 1.92. The average molecular weight is 204 g/mol. The van der Waals surface area contributed by atoms with Crippen molar-refractivity contribution in [3.05, 3.63) is 30.1 Å². The average Bonchev–Trinajstić information content (AvgIpc) is 2.55. The Labute approximate surface area is 89.7 Å². The summed E-state index contributed by atoms with van der Waals surface area (Å²) in [6, 6.07) is 5.94. The molecule has 0 fully saturated rings. The van der Waals surface area contributed by atoms with Gasteiger partial charge in [0.25, 0.3) is 0 Å². The summed E-state index contributed by atoms with van der Waals surface area (Å²) in [6.07, 6.45) is 1.97. The lowest BCUT2D eigenvalue weighted by molar-refractivity contribution is 0.377. The van der Waals surface area contributed by atoms with Gasteiger partial charge in [-0.3, -0.25) is 4.40 Å². The van der Waals surface area contributed by atoms with Gasteiger partial charge in [-0.15, -0.1) is 0 Å². The van der Waals surface area contributed by atoms with Crippen molar-refractivity contribution in [2.75, 3.05) is 7.11 Å². The zero-order valence-corrected chi connectivity index (χ0v) is 9.61. The van der Waals surface area contributed by atoms with E-state index in [0.29, 0.717) is 0 Å². The van der Waals surface area contributed by atoms with Gasteiger partial charge in [-0.25, -0.2) is 4.98 Å². The number of nitrogens with zero attached hydrogens (tertiary/aromatic N) is 2. The largest absolute Gasteiger partial charge is 0.481 e. The smallest absolute Gasteiger partial charge is 0.221 e. The van der Waals surface area contributed by atoms with Crippen LogP contribution in [0, 0.1) is 0 Å². The first-order valence-corrected chi connectivity index (χ1v) is 5.05. The Balaban J connectivity index is 2.75. The first kappa shape index (κ1) is 10.0. The van der Waals surface area contributed by atoms with E-state index in [1.165, 1.54) is 0 Å². The first-order valence-electron chi connectivity index (χ1n) is 5.05. The SMILES string of the molecule is COc1c(C(C)(C)C)nc2ccccn12. The molecule has 0 bridgehead atoms. The number of hydrogen-bond donors (Lipinski definition) is 0. The summed E-state index contributed by atoms with van der Waals surface area (Å²) >= 11 is 0. The normalized spacial score (nSPS) is 12.0. The molecule has 0 amide bonds. The van der Waals surface area contributed by atoms with E-state index in [1.54, 1.807) is 7.11 Å². The number of rotatable bonds is 1. The van der Waals surface area contributed by atoms with Crippen LogP contribution in [0.5, 0.6) is 5.88 Å². The second kappa shape index (κ2) is 3.26. The standard InChI is InChI=1S/C12H16N2O/c1-12(2,3)10-11(15-4)14-8-6-5-7-9(14)13-10/h5-8H,1-4H3. The van der Waals surface area contributed by atoms with Crippen molar-refractivity contribution in [2.24, 2.45) is 0 Å². The minimum absolute atomic E-state index is 0.00262. The Morgan fingerprint density at radius 1 is 1.27 bits per heavy atom. The lowest BCUT2D eigenvalue weighted by Crippen LogP contribution is -2.13. The number of methoxy groups -OCH3 is 1. The van der Waals surface area contributed by atoms with Crippen molar-refractivity contribution >= 4 is 5.65 Å². The number of pyridine rings is 1. The molecule has 0 saturated heterocycles. The van der Waals surface area contributed by atoms with Crippen LogP contribution in [0.3, 0.4) is 0 Å². The molecule has 80 valence electrons. The lowest BCUT2D eigenvalue weighted by atomic mass is 9.92. The highest BCUT2D eigenvalue weighted by Gasteiger charge is 2.24. The summed E-state index contributed by atoms with van der Waals surface area (Å²) in [5.74, 6) is 0.832. The van der Waals surface area contributed by atoms with Crippen LogP contribution in [0.1, 0.15) is 26.5 Å². The van der Waals surface area contributed by atoms with E-state index < -0.39 is 0 Å². The molecule has 3 heteroatoms. The molecular weight excluding hydrogens is 188 g/mol. The summed E-state index contributed by atoms with van der Waals surface area (Å²) in [4.78, 5) is 4.59. The van der Waals surface area contributed by atoms with Crippen LogP contribution in [0.25, 0.3) is 5.65 Å². The van der Waals surface area contributed by atoms with Gasteiger partial charge in [0.15, 0.2) is 0 Å². The molecule has 0 radical (unpaired) electrons. The monoisotopic (exact) mass is 204 g/mol. The molecule has 3 nitrogen and oxygen atoms in total. The molecule has 0 aliphatic heterocycles. The van der Waals surface area contributed by atoms with Crippen molar-refractivity contribution in [2.45, 2.75) is 26.2 Å². The number of aromatic nitrogens is 2. The Morgan fingerprint density at radius 2 is 2.00 bits per heavy atom. The number of ether oxygens (including phenoxy) is 1. The molecule has 2 aromatic rings. The van der Waals surface area contributed by atoms with Gasteiger partial charge in [0.05, 0.1) is 7.11 Å². The van der Waals surface area contributed by atoms with Crippen LogP contribution in [-0.2, 0) is 5.41 Å². The van der Waals surface area contributed by atoms with Gasteiger partial charge < -0.3 is 4.74 Å². The number of hydrogen-bond acceptors (Lipinski definition) is 2. The fourth-order valence-corrected chi connectivity index (χ4v) is 1.66. The molecular formula is C12H16N2O. The van der Waals surface area contributed by atoms with E-state index in [2.05, 4.69) is 25.8 Å².